The van der Waals surface area contributed by atoms with Crippen molar-refractivity contribution in [1.82, 2.24) is 14.9 Å². The Morgan fingerprint density at radius 2 is 2.41 bits per heavy atom. The molecule has 0 spiro atoms. The van der Waals surface area contributed by atoms with Crippen LogP contribution in [-0.2, 0) is 6.54 Å². The van der Waals surface area contributed by atoms with Crippen molar-refractivity contribution in [2.45, 2.75) is 25.4 Å². The van der Waals surface area contributed by atoms with Crippen molar-refractivity contribution in [3.05, 3.63) is 46.7 Å². The minimum Gasteiger partial charge on any atom is -0.290 e. The molecule has 88 valence electrons. The van der Waals surface area contributed by atoms with Crippen molar-refractivity contribution in [1.29, 1.82) is 0 Å². The van der Waals surface area contributed by atoms with Crippen molar-refractivity contribution in [2.24, 2.45) is 0 Å². The van der Waals surface area contributed by atoms with E-state index in [0.29, 0.717) is 6.04 Å². The van der Waals surface area contributed by atoms with E-state index in [1.807, 2.05) is 30.0 Å². The van der Waals surface area contributed by atoms with E-state index < -0.39 is 0 Å². The molecule has 17 heavy (non-hydrogen) atoms. The zero-order valence-electron chi connectivity index (χ0n) is 9.62. The van der Waals surface area contributed by atoms with Crippen molar-refractivity contribution < 1.29 is 0 Å². The van der Waals surface area contributed by atoms with Gasteiger partial charge in [-0.15, -0.1) is 11.3 Å². The second kappa shape index (κ2) is 4.94. The highest BCUT2D eigenvalue weighted by Gasteiger charge is 2.26. The minimum absolute atomic E-state index is 0.521. The number of pyridine rings is 1. The highest BCUT2D eigenvalue weighted by molar-refractivity contribution is 7.09. The Morgan fingerprint density at radius 3 is 3.18 bits per heavy atom. The summed E-state index contributed by atoms with van der Waals surface area (Å²) in [5, 5.41) is 3.26. The predicted octanol–water partition coefficient (Wildman–Crippen LogP) is 2.88. The maximum Gasteiger partial charge on any atom is 0.107 e. The molecule has 0 saturated carbocycles. The Hall–Kier alpha value is -1.26. The van der Waals surface area contributed by atoms with Gasteiger partial charge in [0, 0.05) is 30.0 Å². The summed E-state index contributed by atoms with van der Waals surface area (Å²) >= 11 is 1.74. The van der Waals surface area contributed by atoms with Gasteiger partial charge < -0.3 is 0 Å². The van der Waals surface area contributed by atoms with Crippen molar-refractivity contribution in [3.8, 4) is 0 Å². The van der Waals surface area contributed by atoms with E-state index in [-0.39, 0.29) is 0 Å². The zero-order valence-corrected chi connectivity index (χ0v) is 10.4. The second-order valence-corrected chi connectivity index (χ2v) is 5.32. The fourth-order valence-corrected chi connectivity index (χ4v) is 3.11. The van der Waals surface area contributed by atoms with E-state index in [1.165, 1.54) is 30.0 Å². The van der Waals surface area contributed by atoms with Gasteiger partial charge in [0.05, 0.1) is 6.54 Å². The molecule has 1 unspecified atom stereocenters. The number of aromatic nitrogens is 2. The monoisotopic (exact) mass is 245 g/mol. The van der Waals surface area contributed by atoms with E-state index in [9.17, 15) is 0 Å². The van der Waals surface area contributed by atoms with Gasteiger partial charge in [-0.3, -0.25) is 9.88 Å². The average molecular weight is 245 g/mol. The van der Waals surface area contributed by atoms with Gasteiger partial charge in [0.2, 0.25) is 0 Å². The summed E-state index contributed by atoms with van der Waals surface area (Å²) in [5.74, 6) is 0. The Morgan fingerprint density at radius 1 is 1.41 bits per heavy atom. The molecule has 1 saturated heterocycles. The molecular weight excluding hydrogens is 230 g/mol. The third-order valence-corrected chi connectivity index (χ3v) is 4.02. The van der Waals surface area contributed by atoms with Crippen LogP contribution >= 0.6 is 11.3 Å². The zero-order chi connectivity index (χ0) is 11.5. The molecule has 3 heterocycles. The lowest BCUT2D eigenvalue weighted by Gasteiger charge is -2.23. The van der Waals surface area contributed by atoms with Crippen LogP contribution in [0.4, 0.5) is 0 Å². The molecule has 0 aliphatic carbocycles. The van der Waals surface area contributed by atoms with E-state index in [0.717, 1.165) is 6.54 Å². The summed E-state index contributed by atoms with van der Waals surface area (Å²) in [5.41, 5.74) is 1.33. The summed E-state index contributed by atoms with van der Waals surface area (Å²) in [6, 6.07) is 4.72. The topological polar surface area (TPSA) is 29.0 Å². The maximum atomic E-state index is 4.37. The molecule has 3 nitrogen and oxygen atoms in total. The number of thiazole rings is 1. The smallest absolute Gasteiger partial charge is 0.107 e. The number of hydrogen-bond acceptors (Lipinski definition) is 4. The summed E-state index contributed by atoms with van der Waals surface area (Å²) in [7, 11) is 0. The van der Waals surface area contributed by atoms with Gasteiger partial charge in [-0.25, -0.2) is 4.98 Å². The molecule has 2 aromatic rings. The summed E-state index contributed by atoms with van der Waals surface area (Å²) in [6.45, 7) is 2.14. The number of nitrogens with zero attached hydrogens (tertiary/aromatic N) is 3. The van der Waals surface area contributed by atoms with Gasteiger partial charge in [-0.1, -0.05) is 6.07 Å². The standard InChI is InChI=1S/C13H15N3S/c1-3-11(9-14-5-1)12-4-2-7-16(12)10-13-15-6-8-17-13/h1,3,5-6,8-9,12H,2,4,7,10H2. The first kappa shape index (κ1) is 10.9. The quantitative estimate of drug-likeness (QED) is 0.832. The number of likely N-dealkylation sites (tertiary alicyclic amines) is 1. The average Bonchev–Trinajstić information content (AvgIpc) is 3.02. The SMILES string of the molecule is c1cncc(C2CCCN2Cc2nccs2)c1. The molecule has 0 radical (unpaired) electrons. The van der Waals surface area contributed by atoms with Crippen LogP contribution in [-0.4, -0.2) is 21.4 Å². The fourth-order valence-electron chi connectivity index (χ4n) is 2.47. The Labute approximate surface area is 105 Å². The van der Waals surface area contributed by atoms with Gasteiger partial charge in [0.1, 0.15) is 5.01 Å². The molecule has 0 N–H and O–H groups in total. The molecule has 0 bridgehead atoms. The third kappa shape index (κ3) is 2.37. The Balaban J connectivity index is 1.76. The first-order valence-electron chi connectivity index (χ1n) is 5.96. The van der Waals surface area contributed by atoms with Crippen LogP contribution in [0.25, 0.3) is 0 Å². The van der Waals surface area contributed by atoms with Crippen molar-refractivity contribution in [3.63, 3.8) is 0 Å². The van der Waals surface area contributed by atoms with E-state index >= 15 is 0 Å². The molecule has 0 aromatic carbocycles. The minimum atomic E-state index is 0.521. The Kier molecular flexibility index (Phi) is 3.16. The van der Waals surface area contributed by atoms with Crippen molar-refractivity contribution >= 4 is 11.3 Å². The summed E-state index contributed by atoms with van der Waals surface area (Å²) < 4.78 is 0. The highest BCUT2D eigenvalue weighted by Crippen LogP contribution is 2.32. The highest BCUT2D eigenvalue weighted by atomic mass is 32.1. The molecule has 2 aromatic heterocycles. The van der Waals surface area contributed by atoms with Crippen LogP contribution in [0.15, 0.2) is 36.1 Å². The lowest BCUT2D eigenvalue weighted by Crippen LogP contribution is -2.22. The molecule has 4 heteroatoms. The van der Waals surface area contributed by atoms with Gasteiger partial charge in [0.25, 0.3) is 0 Å². The largest absolute Gasteiger partial charge is 0.290 e. The van der Waals surface area contributed by atoms with Gasteiger partial charge in [-0.2, -0.15) is 0 Å². The third-order valence-electron chi connectivity index (χ3n) is 3.25. The van der Waals surface area contributed by atoms with Crippen LogP contribution < -0.4 is 0 Å². The van der Waals surface area contributed by atoms with Gasteiger partial charge in [-0.05, 0) is 31.0 Å². The van der Waals surface area contributed by atoms with Gasteiger partial charge in [0.15, 0.2) is 0 Å². The van der Waals surface area contributed by atoms with Crippen LogP contribution in [0, 0.1) is 0 Å². The molecule has 1 aliphatic heterocycles. The normalized spacial score (nSPS) is 20.8. The predicted molar refractivity (Wildman–Crippen MR) is 68.7 cm³/mol. The molecular formula is C13H15N3S. The van der Waals surface area contributed by atoms with Gasteiger partial charge >= 0.3 is 0 Å². The molecule has 1 atom stereocenters. The fraction of sp³-hybridized carbons (Fsp3) is 0.385. The summed E-state index contributed by atoms with van der Waals surface area (Å²) in [6.07, 6.45) is 8.21. The van der Waals surface area contributed by atoms with E-state index in [1.54, 1.807) is 11.3 Å². The molecule has 0 amide bonds. The first-order chi connectivity index (χ1) is 8.43. The first-order valence-corrected chi connectivity index (χ1v) is 6.84. The molecule has 1 fully saturated rings. The molecule has 3 rings (SSSR count). The summed E-state index contributed by atoms with van der Waals surface area (Å²) in [4.78, 5) is 11.1. The lowest BCUT2D eigenvalue weighted by molar-refractivity contribution is 0.248. The number of rotatable bonds is 3. The Bertz CT molecular complexity index is 455. The second-order valence-electron chi connectivity index (χ2n) is 4.34. The van der Waals surface area contributed by atoms with Crippen LogP contribution in [0.2, 0.25) is 0 Å². The lowest BCUT2D eigenvalue weighted by atomic mass is 10.1. The van der Waals surface area contributed by atoms with Crippen LogP contribution in [0.1, 0.15) is 29.5 Å². The maximum absolute atomic E-state index is 4.37. The van der Waals surface area contributed by atoms with Crippen LogP contribution in [0.3, 0.4) is 0 Å². The van der Waals surface area contributed by atoms with Crippen molar-refractivity contribution in [2.75, 3.05) is 6.54 Å². The van der Waals surface area contributed by atoms with E-state index in [2.05, 4.69) is 20.9 Å². The van der Waals surface area contributed by atoms with E-state index in [4.69, 9.17) is 0 Å². The van der Waals surface area contributed by atoms with Crippen LogP contribution in [0.5, 0.6) is 0 Å². The molecule has 1 aliphatic rings. The number of hydrogen-bond donors (Lipinski definition) is 0.